The van der Waals surface area contributed by atoms with Crippen LogP contribution in [0.5, 0.6) is 5.75 Å². The molecule has 4 nitrogen and oxygen atoms in total. The Kier molecular flexibility index (Phi) is 5.63. The molecule has 112 valence electrons. The predicted octanol–water partition coefficient (Wildman–Crippen LogP) is 2.80. The van der Waals surface area contributed by atoms with E-state index in [9.17, 15) is 4.79 Å². The van der Waals surface area contributed by atoms with Crippen LogP contribution in [0.4, 0.5) is 5.69 Å². The maximum absolute atomic E-state index is 12.0. The van der Waals surface area contributed by atoms with Crippen LogP contribution in [0.1, 0.15) is 11.3 Å². The standard InChI is InChI=1S/C16H20N2O2S/c1-18(9-7-15-6-3-11-21-15)16(19)8-10-20-14-5-2-4-13(17)12-14/h2-6,11-12H,7-10,17H2,1H3. The SMILES string of the molecule is CN(CCc1cccs1)C(=O)CCOc1cccc(N)c1. The largest absolute Gasteiger partial charge is 0.493 e. The summed E-state index contributed by atoms with van der Waals surface area (Å²) in [4.78, 5) is 15.0. The van der Waals surface area contributed by atoms with Crippen LogP contribution in [0, 0.1) is 0 Å². The minimum absolute atomic E-state index is 0.0930. The second-order valence-electron chi connectivity index (χ2n) is 4.82. The fourth-order valence-corrected chi connectivity index (χ4v) is 2.61. The van der Waals surface area contributed by atoms with E-state index in [1.807, 2.05) is 25.2 Å². The van der Waals surface area contributed by atoms with Gasteiger partial charge >= 0.3 is 0 Å². The zero-order chi connectivity index (χ0) is 15.1. The highest BCUT2D eigenvalue weighted by Gasteiger charge is 2.09. The number of rotatable bonds is 7. The molecule has 5 heteroatoms. The number of likely N-dealkylation sites (N-methyl/N-ethyl adjacent to an activating group) is 1. The van der Waals surface area contributed by atoms with E-state index in [-0.39, 0.29) is 5.91 Å². The van der Waals surface area contributed by atoms with Gasteiger partial charge in [0, 0.05) is 30.2 Å². The summed E-state index contributed by atoms with van der Waals surface area (Å²) in [6.07, 6.45) is 1.27. The van der Waals surface area contributed by atoms with Crippen molar-refractivity contribution in [1.29, 1.82) is 0 Å². The molecule has 1 amide bonds. The Hall–Kier alpha value is -2.01. The van der Waals surface area contributed by atoms with Crippen molar-refractivity contribution >= 4 is 22.9 Å². The van der Waals surface area contributed by atoms with Crippen molar-refractivity contribution in [2.75, 3.05) is 25.9 Å². The van der Waals surface area contributed by atoms with Crippen LogP contribution >= 0.6 is 11.3 Å². The van der Waals surface area contributed by atoms with Gasteiger partial charge in [-0.15, -0.1) is 11.3 Å². The minimum Gasteiger partial charge on any atom is -0.493 e. The van der Waals surface area contributed by atoms with Crippen LogP contribution in [0.15, 0.2) is 41.8 Å². The third kappa shape index (κ3) is 5.11. The van der Waals surface area contributed by atoms with E-state index < -0.39 is 0 Å². The van der Waals surface area contributed by atoms with Crippen LogP contribution < -0.4 is 10.5 Å². The molecule has 0 bridgehead atoms. The number of benzene rings is 1. The number of nitrogen functional groups attached to an aromatic ring is 1. The summed E-state index contributed by atoms with van der Waals surface area (Å²) in [7, 11) is 1.83. The number of thiophene rings is 1. The van der Waals surface area contributed by atoms with E-state index in [4.69, 9.17) is 10.5 Å². The van der Waals surface area contributed by atoms with Crippen LogP contribution in [0.3, 0.4) is 0 Å². The molecule has 0 aliphatic heterocycles. The van der Waals surface area contributed by atoms with Gasteiger partial charge in [-0.2, -0.15) is 0 Å². The summed E-state index contributed by atoms with van der Waals surface area (Å²) >= 11 is 1.72. The van der Waals surface area contributed by atoms with Gasteiger partial charge in [0.25, 0.3) is 0 Å². The molecule has 0 spiro atoms. The number of carbonyl (C=O) groups excluding carboxylic acids is 1. The number of hydrogen-bond donors (Lipinski definition) is 1. The second kappa shape index (κ2) is 7.69. The van der Waals surface area contributed by atoms with Crippen molar-refractivity contribution in [1.82, 2.24) is 4.90 Å². The molecule has 0 aliphatic carbocycles. The quantitative estimate of drug-likeness (QED) is 0.800. The molecule has 2 N–H and O–H groups in total. The number of hydrogen-bond acceptors (Lipinski definition) is 4. The van der Waals surface area contributed by atoms with Gasteiger partial charge in [-0.25, -0.2) is 0 Å². The average Bonchev–Trinajstić information content (AvgIpc) is 2.98. The van der Waals surface area contributed by atoms with Crippen molar-refractivity contribution in [3.05, 3.63) is 46.7 Å². The van der Waals surface area contributed by atoms with E-state index in [1.165, 1.54) is 4.88 Å². The van der Waals surface area contributed by atoms with Crippen molar-refractivity contribution in [2.24, 2.45) is 0 Å². The molecule has 1 heterocycles. The van der Waals surface area contributed by atoms with E-state index in [1.54, 1.807) is 28.4 Å². The molecule has 0 aliphatic rings. The Balaban J connectivity index is 1.68. The van der Waals surface area contributed by atoms with Crippen molar-refractivity contribution < 1.29 is 9.53 Å². The Morgan fingerprint density at radius 2 is 2.19 bits per heavy atom. The molecule has 0 saturated carbocycles. The van der Waals surface area contributed by atoms with Crippen molar-refractivity contribution in [3.63, 3.8) is 0 Å². The highest BCUT2D eigenvalue weighted by Crippen LogP contribution is 2.14. The number of amides is 1. The lowest BCUT2D eigenvalue weighted by molar-refractivity contribution is -0.130. The Labute approximate surface area is 129 Å². The van der Waals surface area contributed by atoms with Gasteiger partial charge in [-0.1, -0.05) is 12.1 Å². The molecule has 1 aromatic carbocycles. The molecule has 2 aromatic rings. The molecule has 2 rings (SSSR count). The fourth-order valence-electron chi connectivity index (χ4n) is 1.91. The smallest absolute Gasteiger partial charge is 0.225 e. The van der Waals surface area contributed by atoms with Gasteiger partial charge in [-0.3, -0.25) is 4.79 Å². The summed E-state index contributed by atoms with van der Waals surface area (Å²) in [5.74, 6) is 0.791. The van der Waals surface area contributed by atoms with Gasteiger partial charge in [0.15, 0.2) is 0 Å². The van der Waals surface area contributed by atoms with Gasteiger partial charge in [0.1, 0.15) is 5.75 Å². The summed E-state index contributed by atoms with van der Waals surface area (Å²) in [5, 5.41) is 2.05. The second-order valence-corrected chi connectivity index (χ2v) is 5.85. The van der Waals surface area contributed by atoms with Crippen LogP contribution in [-0.2, 0) is 11.2 Å². The van der Waals surface area contributed by atoms with Gasteiger partial charge in [0.05, 0.1) is 13.0 Å². The Morgan fingerprint density at radius 1 is 1.33 bits per heavy atom. The lowest BCUT2D eigenvalue weighted by atomic mass is 10.3. The van der Waals surface area contributed by atoms with Crippen LogP contribution in [0.25, 0.3) is 0 Å². The maximum Gasteiger partial charge on any atom is 0.225 e. The summed E-state index contributed by atoms with van der Waals surface area (Å²) < 4.78 is 5.53. The van der Waals surface area contributed by atoms with Gasteiger partial charge < -0.3 is 15.4 Å². The molecule has 0 atom stereocenters. The molecule has 21 heavy (non-hydrogen) atoms. The molecular weight excluding hydrogens is 284 g/mol. The molecule has 0 fully saturated rings. The minimum atomic E-state index is 0.0930. The first-order chi connectivity index (χ1) is 10.1. The molecule has 0 saturated heterocycles. The lowest BCUT2D eigenvalue weighted by Gasteiger charge is -2.17. The van der Waals surface area contributed by atoms with Crippen LogP contribution in [-0.4, -0.2) is 31.0 Å². The summed E-state index contributed by atoms with van der Waals surface area (Å²) in [6, 6.07) is 11.3. The molecule has 1 aromatic heterocycles. The predicted molar refractivity (Wildman–Crippen MR) is 86.6 cm³/mol. The Morgan fingerprint density at radius 3 is 2.90 bits per heavy atom. The molecule has 0 radical (unpaired) electrons. The summed E-state index contributed by atoms with van der Waals surface area (Å²) in [5.41, 5.74) is 6.33. The topological polar surface area (TPSA) is 55.6 Å². The zero-order valence-corrected chi connectivity index (χ0v) is 12.9. The van der Waals surface area contributed by atoms with E-state index >= 15 is 0 Å². The number of nitrogens with two attached hydrogens (primary N) is 1. The van der Waals surface area contributed by atoms with E-state index in [0.717, 1.165) is 13.0 Å². The number of nitrogens with zero attached hydrogens (tertiary/aromatic N) is 1. The highest BCUT2D eigenvalue weighted by atomic mass is 32.1. The van der Waals surface area contributed by atoms with E-state index in [0.29, 0.717) is 24.5 Å². The number of carbonyl (C=O) groups is 1. The number of anilines is 1. The highest BCUT2D eigenvalue weighted by molar-refractivity contribution is 7.09. The van der Waals surface area contributed by atoms with Crippen molar-refractivity contribution in [2.45, 2.75) is 12.8 Å². The third-order valence-corrected chi connectivity index (χ3v) is 4.08. The zero-order valence-electron chi connectivity index (χ0n) is 12.1. The molecule has 0 unspecified atom stereocenters. The maximum atomic E-state index is 12.0. The van der Waals surface area contributed by atoms with Crippen molar-refractivity contribution in [3.8, 4) is 5.75 Å². The monoisotopic (exact) mass is 304 g/mol. The first-order valence-electron chi connectivity index (χ1n) is 6.90. The van der Waals surface area contributed by atoms with E-state index in [2.05, 4.69) is 11.4 Å². The first kappa shape index (κ1) is 15.4. The lowest BCUT2D eigenvalue weighted by Crippen LogP contribution is -2.29. The average molecular weight is 304 g/mol. The van der Waals surface area contributed by atoms with Gasteiger partial charge in [-0.05, 0) is 30.0 Å². The van der Waals surface area contributed by atoms with Gasteiger partial charge in [0.2, 0.25) is 5.91 Å². The Bertz CT molecular complexity index is 569. The first-order valence-corrected chi connectivity index (χ1v) is 7.78. The summed E-state index contributed by atoms with van der Waals surface area (Å²) in [6.45, 7) is 1.10. The third-order valence-electron chi connectivity index (χ3n) is 3.14. The molecular formula is C16H20N2O2S. The normalized spacial score (nSPS) is 10.3. The number of ether oxygens (including phenoxy) is 1. The fraction of sp³-hybridized carbons (Fsp3) is 0.312. The van der Waals surface area contributed by atoms with Crippen LogP contribution in [0.2, 0.25) is 0 Å².